The van der Waals surface area contributed by atoms with Gasteiger partial charge in [-0.3, -0.25) is 4.79 Å². The van der Waals surface area contributed by atoms with Gasteiger partial charge in [-0.1, -0.05) is 28.1 Å². The van der Waals surface area contributed by atoms with Crippen molar-refractivity contribution in [1.82, 2.24) is 10.3 Å². The summed E-state index contributed by atoms with van der Waals surface area (Å²) in [6, 6.07) is 8.18. The van der Waals surface area contributed by atoms with E-state index in [1.807, 2.05) is 29.6 Å². The standard InChI is InChI=1S/C17H19BrN2O2S/c18-12-3-1-2-11(8-12)17-20-14(10-23-17)9-16(22)19-13-4-6-15(21)7-5-13/h1-3,8,10,13,15,21H,4-7,9H2,(H,19,22). The van der Waals surface area contributed by atoms with E-state index in [9.17, 15) is 9.90 Å². The Morgan fingerprint density at radius 1 is 1.35 bits per heavy atom. The fourth-order valence-corrected chi connectivity index (χ4v) is 4.02. The number of aromatic nitrogens is 1. The number of aliphatic hydroxyl groups excluding tert-OH is 1. The quantitative estimate of drug-likeness (QED) is 0.833. The van der Waals surface area contributed by atoms with Crippen molar-refractivity contribution in [2.24, 2.45) is 0 Å². The van der Waals surface area contributed by atoms with Crippen molar-refractivity contribution in [3.63, 3.8) is 0 Å². The molecule has 6 heteroatoms. The highest BCUT2D eigenvalue weighted by atomic mass is 79.9. The zero-order valence-corrected chi connectivity index (χ0v) is 15.1. The molecule has 23 heavy (non-hydrogen) atoms. The minimum Gasteiger partial charge on any atom is -0.393 e. The molecule has 1 heterocycles. The Kier molecular flexibility index (Phi) is 5.46. The average Bonchev–Trinajstić information content (AvgIpc) is 2.98. The first-order valence-electron chi connectivity index (χ1n) is 7.78. The van der Waals surface area contributed by atoms with Gasteiger partial charge in [0.15, 0.2) is 0 Å². The lowest BCUT2D eigenvalue weighted by atomic mass is 9.93. The van der Waals surface area contributed by atoms with Crippen LogP contribution < -0.4 is 5.32 Å². The second-order valence-electron chi connectivity index (χ2n) is 5.90. The molecular weight excluding hydrogens is 376 g/mol. The zero-order chi connectivity index (χ0) is 16.2. The zero-order valence-electron chi connectivity index (χ0n) is 12.7. The molecule has 1 saturated carbocycles. The van der Waals surface area contributed by atoms with Crippen LogP contribution in [0.5, 0.6) is 0 Å². The number of carbonyl (C=O) groups is 1. The van der Waals surface area contributed by atoms with E-state index in [-0.39, 0.29) is 18.1 Å². The molecule has 3 rings (SSSR count). The number of halogens is 1. The molecule has 0 aliphatic heterocycles. The summed E-state index contributed by atoms with van der Waals surface area (Å²) in [7, 11) is 0. The van der Waals surface area contributed by atoms with Crippen LogP contribution in [-0.4, -0.2) is 28.1 Å². The molecule has 1 fully saturated rings. The number of nitrogens with zero attached hydrogens (tertiary/aromatic N) is 1. The number of aliphatic hydroxyl groups is 1. The first-order valence-corrected chi connectivity index (χ1v) is 9.45. The molecule has 1 aliphatic carbocycles. The van der Waals surface area contributed by atoms with E-state index in [1.54, 1.807) is 11.3 Å². The van der Waals surface area contributed by atoms with E-state index in [2.05, 4.69) is 26.2 Å². The predicted octanol–water partition coefficient (Wildman–Crippen LogP) is 3.53. The summed E-state index contributed by atoms with van der Waals surface area (Å²) >= 11 is 5.02. The lowest BCUT2D eigenvalue weighted by Gasteiger charge is -2.26. The molecule has 0 bridgehead atoms. The van der Waals surface area contributed by atoms with Crippen molar-refractivity contribution < 1.29 is 9.90 Å². The molecule has 1 aliphatic rings. The molecule has 2 aromatic rings. The van der Waals surface area contributed by atoms with Crippen molar-refractivity contribution in [3.8, 4) is 10.6 Å². The Morgan fingerprint density at radius 3 is 2.87 bits per heavy atom. The van der Waals surface area contributed by atoms with Crippen LogP contribution in [0, 0.1) is 0 Å². The number of carbonyl (C=O) groups excluding carboxylic acids is 1. The molecule has 0 spiro atoms. The molecule has 0 radical (unpaired) electrons. The predicted molar refractivity (Wildman–Crippen MR) is 95.4 cm³/mol. The average molecular weight is 395 g/mol. The van der Waals surface area contributed by atoms with Crippen molar-refractivity contribution >= 4 is 33.2 Å². The Hall–Kier alpha value is -1.24. The Balaban J connectivity index is 1.57. The first kappa shape index (κ1) is 16.6. The Labute approximate surface area is 148 Å². The lowest BCUT2D eigenvalue weighted by Crippen LogP contribution is -2.39. The second kappa shape index (κ2) is 7.55. The molecule has 2 N–H and O–H groups in total. The highest BCUT2D eigenvalue weighted by Gasteiger charge is 2.21. The summed E-state index contributed by atoms with van der Waals surface area (Å²) in [5.74, 6) is 0.0116. The molecule has 1 amide bonds. The summed E-state index contributed by atoms with van der Waals surface area (Å²) in [6.07, 6.45) is 3.36. The van der Waals surface area contributed by atoms with Crippen LogP contribution in [0.2, 0.25) is 0 Å². The molecule has 1 aromatic carbocycles. The molecule has 4 nitrogen and oxygen atoms in total. The van der Waals surface area contributed by atoms with Gasteiger partial charge in [-0.2, -0.15) is 0 Å². The monoisotopic (exact) mass is 394 g/mol. The van der Waals surface area contributed by atoms with E-state index >= 15 is 0 Å². The number of thiazole rings is 1. The van der Waals surface area contributed by atoms with Crippen LogP contribution >= 0.6 is 27.3 Å². The molecule has 122 valence electrons. The highest BCUT2D eigenvalue weighted by Crippen LogP contribution is 2.26. The number of hydrogen-bond donors (Lipinski definition) is 2. The maximum atomic E-state index is 12.1. The van der Waals surface area contributed by atoms with Gasteiger partial charge in [0, 0.05) is 21.5 Å². The molecular formula is C17H19BrN2O2S. The van der Waals surface area contributed by atoms with Crippen LogP contribution in [0.15, 0.2) is 34.1 Å². The number of rotatable bonds is 4. The second-order valence-corrected chi connectivity index (χ2v) is 7.68. The normalized spacial score (nSPS) is 21.1. The topological polar surface area (TPSA) is 62.2 Å². The number of amides is 1. The summed E-state index contributed by atoms with van der Waals surface area (Å²) in [4.78, 5) is 16.7. The first-order chi connectivity index (χ1) is 11.1. The van der Waals surface area contributed by atoms with Gasteiger partial charge in [-0.15, -0.1) is 11.3 Å². The molecule has 1 aromatic heterocycles. The van der Waals surface area contributed by atoms with Crippen molar-refractivity contribution in [2.75, 3.05) is 0 Å². The SMILES string of the molecule is O=C(Cc1csc(-c2cccc(Br)c2)n1)NC1CCC(O)CC1. The minimum atomic E-state index is -0.200. The van der Waals surface area contributed by atoms with Gasteiger partial charge in [-0.25, -0.2) is 4.98 Å². The summed E-state index contributed by atoms with van der Waals surface area (Å²) in [5.41, 5.74) is 1.86. The molecule has 0 saturated heterocycles. The van der Waals surface area contributed by atoms with E-state index in [0.29, 0.717) is 6.42 Å². The van der Waals surface area contributed by atoms with Gasteiger partial charge in [0.1, 0.15) is 5.01 Å². The van der Waals surface area contributed by atoms with Crippen molar-refractivity contribution in [2.45, 2.75) is 44.2 Å². The van der Waals surface area contributed by atoms with Gasteiger partial charge in [-0.05, 0) is 37.8 Å². The van der Waals surface area contributed by atoms with Crippen LogP contribution in [0.25, 0.3) is 10.6 Å². The fraction of sp³-hybridized carbons (Fsp3) is 0.412. The smallest absolute Gasteiger partial charge is 0.226 e. The minimum absolute atomic E-state index is 0.0116. The van der Waals surface area contributed by atoms with Gasteiger partial charge >= 0.3 is 0 Å². The van der Waals surface area contributed by atoms with Crippen LogP contribution in [0.3, 0.4) is 0 Å². The Bertz CT molecular complexity index is 681. The van der Waals surface area contributed by atoms with Crippen molar-refractivity contribution in [1.29, 1.82) is 0 Å². The summed E-state index contributed by atoms with van der Waals surface area (Å²) in [5, 5.41) is 15.4. The number of benzene rings is 1. The van der Waals surface area contributed by atoms with Gasteiger partial charge < -0.3 is 10.4 Å². The van der Waals surface area contributed by atoms with Crippen LogP contribution in [0.4, 0.5) is 0 Å². The van der Waals surface area contributed by atoms with Crippen LogP contribution in [-0.2, 0) is 11.2 Å². The molecule has 0 atom stereocenters. The van der Waals surface area contributed by atoms with E-state index in [4.69, 9.17) is 0 Å². The van der Waals surface area contributed by atoms with Gasteiger partial charge in [0.2, 0.25) is 5.91 Å². The summed E-state index contributed by atoms with van der Waals surface area (Å²) in [6.45, 7) is 0. The third-order valence-corrected chi connectivity index (χ3v) is 5.46. The third-order valence-electron chi connectivity index (χ3n) is 4.03. The van der Waals surface area contributed by atoms with Gasteiger partial charge in [0.05, 0.1) is 18.2 Å². The number of hydrogen-bond acceptors (Lipinski definition) is 4. The maximum Gasteiger partial charge on any atom is 0.226 e. The number of nitrogens with one attached hydrogen (secondary N) is 1. The third kappa shape index (κ3) is 4.62. The largest absolute Gasteiger partial charge is 0.393 e. The van der Waals surface area contributed by atoms with E-state index < -0.39 is 0 Å². The van der Waals surface area contributed by atoms with Crippen molar-refractivity contribution in [3.05, 3.63) is 39.8 Å². The lowest BCUT2D eigenvalue weighted by molar-refractivity contribution is -0.121. The van der Waals surface area contributed by atoms with E-state index in [1.165, 1.54) is 0 Å². The van der Waals surface area contributed by atoms with E-state index in [0.717, 1.165) is 46.4 Å². The molecule has 0 unspecified atom stereocenters. The Morgan fingerprint density at radius 2 is 2.13 bits per heavy atom. The maximum absolute atomic E-state index is 12.1. The van der Waals surface area contributed by atoms with Gasteiger partial charge in [0.25, 0.3) is 0 Å². The summed E-state index contributed by atoms with van der Waals surface area (Å²) < 4.78 is 1.02. The van der Waals surface area contributed by atoms with Crippen LogP contribution in [0.1, 0.15) is 31.4 Å². The fourth-order valence-electron chi connectivity index (χ4n) is 2.81. The highest BCUT2D eigenvalue weighted by molar-refractivity contribution is 9.10.